The fourth-order valence-corrected chi connectivity index (χ4v) is 3.21. The lowest BCUT2D eigenvalue weighted by atomic mass is 9.85. The fraction of sp³-hybridized carbons (Fsp3) is 0.583. The van der Waals surface area contributed by atoms with Gasteiger partial charge in [0.25, 0.3) is 0 Å². The van der Waals surface area contributed by atoms with Gasteiger partial charge in [-0.05, 0) is 24.3 Å². The lowest BCUT2D eigenvalue weighted by molar-refractivity contribution is 0.304. The summed E-state index contributed by atoms with van der Waals surface area (Å²) in [5.41, 5.74) is -0.282. The molecule has 0 unspecified atom stereocenters. The molecule has 7 heteroatoms. The van der Waals surface area contributed by atoms with Crippen molar-refractivity contribution in [2.45, 2.75) is 31.6 Å². The number of aromatic nitrogens is 1. The average Bonchev–Trinajstić information content (AvgIpc) is 2.41. The van der Waals surface area contributed by atoms with E-state index >= 15 is 0 Å². The van der Waals surface area contributed by atoms with E-state index in [9.17, 15) is 12.8 Å². The van der Waals surface area contributed by atoms with Crippen molar-refractivity contribution in [1.82, 2.24) is 9.71 Å². The van der Waals surface area contributed by atoms with Crippen molar-refractivity contribution >= 4 is 21.6 Å². The second-order valence-electron chi connectivity index (χ2n) is 4.50. The molecule has 0 radical (unpaired) electrons. The quantitative estimate of drug-likeness (QED) is 0.788. The third-order valence-electron chi connectivity index (χ3n) is 3.41. The van der Waals surface area contributed by atoms with Crippen LogP contribution >= 0.6 is 11.6 Å². The second-order valence-corrected chi connectivity index (χ2v) is 6.54. The third-order valence-corrected chi connectivity index (χ3v) is 5.35. The molecule has 0 fully saturated rings. The molecule has 1 aromatic heterocycles. The molecule has 0 amide bonds. The molecule has 0 spiro atoms. The molecule has 1 heterocycles. The zero-order chi connectivity index (χ0) is 14.5. The zero-order valence-electron chi connectivity index (χ0n) is 11.0. The maximum atomic E-state index is 13.0. The normalized spacial score (nSPS) is 12.6. The van der Waals surface area contributed by atoms with Gasteiger partial charge in [-0.3, -0.25) is 4.98 Å². The summed E-state index contributed by atoms with van der Waals surface area (Å²) in [7, 11) is -3.76. The Balaban J connectivity index is 2.87. The Morgan fingerprint density at radius 2 is 2.00 bits per heavy atom. The number of halogens is 2. The molecule has 0 saturated heterocycles. The number of hydrogen-bond donors (Lipinski definition) is 1. The maximum absolute atomic E-state index is 13.0. The summed E-state index contributed by atoms with van der Waals surface area (Å²) < 4.78 is 39.5. The van der Waals surface area contributed by atoms with Crippen LogP contribution in [-0.4, -0.2) is 25.8 Å². The minimum Gasteiger partial charge on any atom is -0.260 e. The van der Waals surface area contributed by atoms with E-state index in [-0.39, 0.29) is 16.9 Å². The van der Waals surface area contributed by atoms with Crippen molar-refractivity contribution in [2.75, 3.05) is 12.4 Å². The second kappa shape index (κ2) is 6.63. The number of nitrogens with one attached hydrogen (secondary N) is 1. The number of rotatable bonds is 7. The number of hydrogen-bond acceptors (Lipinski definition) is 3. The summed E-state index contributed by atoms with van der Waals surface area (Å²) in [6.45, 7) is 4.15. The molecular weight excluding hydrogens is 291 g/mol. The number of pyridine rings is 1. The summed E-state index contributed by atoms with van der Waals surface area (Å²) in [6, 6.07) is 0.940. The molecule has 108 valence electrons. The fourth-order valence-electron chi connectivity index (χ4n) is 1.61. The van der Waals surface area contributed by atoms with E-state index in [0.29, 0.717) is 5.88 Å². The molecule has 1 aromatic rings. The van der Waals surface area contributed by atoms with Gasteiger partial charge < -0.3 is 0 Å². The Morgan fingerprint density at radius 3 is 2.47 bits per heavy atom. The first kappa shape index (κ1) is 16.3. The molecule has 0 saturated carbocycles. The van der Waals surface area contributed by atoms with E-state index in [2.05, 4.69) is 9.71 Å². The van der Waals surface area contributed by atoms with Crippen molar-refractivity contribution in [1.29, 1.82) is 0 Å². The minimum absolute atomic E-state index is 0.178. The minimum atomic E-state index is -3.76. The van der Waals surface area contributed by atoms with Crippen LogP contribution in [0.3, 0.4) is 0 Å². The zero-order valence-corrected chi connectivity index (χ0v) is 12.6. The summed E-state index contributed by atoms with van der Waals surface area (Å²) in [4.78, 5) is 3.36. The highest BCUT2D eigenvalue weighted by atomic mass is 35.5. The smallest absolute Gasteiger partial charge is 0.242 e. The highest BCUT2D eigenvalue weighted by molar-refractivity contribution is 7.89. The molecule has 19 heavy (non-hydrogen) atoms. The first-order valence-corrected chi connectivity index (χ1v) is 8.07. The molecule has 0 aromatic carbocycles. The van der Waals surface area contributed by atoms with Gasteiger partial charge in [-0.1, -0.05) is 13.8 Å². The van der Waals surface area contributed by atoms with Crippen molar-refractivity contribution in [3.8, 4) is 0 Å². The van der Waals surface area contributed by atoms with E-state index in [4.69, 9.17) is 11.6 Å². The van der Waals surface area contributed by atoms with E-state index in [1.807, 2.05) is 13.8 Å². The first-order valence-electron chi connectivity index (χ1n) is 6.05. The molecule has 0 aliphatic rings. The van der Waals surface area contributed by atoms with E-state index in [1.54, 1.807) is 0 Å². The van der Waals surface area contributed by atoms with Crippen molar-refractivity contribution in [3.63, 3.8) is 0 Å². The van der Waals surface area contributed by atoms with Gasteiger partial charge in [-0.15, -0.1) is 11.6 Å². The van der Waals surface area contributed by atoms with Gasteiger partial charge in [-0.2, -0.15) is 0 Å². The highest BCUT2D eigenvalue weighted by Gasteiger charge is 2.27. The van der Waals surface area contributed by atoms with Gasteiger partial charge in [0, 0.05) is 18.6 Å². The summed E-state index contributed by atoms with van der Waals surface area (Å²) in [5, 5.41) is 0. The topological polar surface area (TPSA) is 59.1 Å². The summed E-state index contributed by atoms with van der Waals surface area (Å²) in [6.07, 6.45) is 3.60. The molecule has 4 nitrogen and oxygen atoms in total. The Hall–Kier alpha value is -0.720. The van der Waals surface area contributed by atoms with Crippen molar-refractivity contribution in [2.24, 2.45) is 5.41 Å². The van der Waals surface area contributed by atoms with E-state index in [1.165, 1.54) is 0 Å². The van der Waals surface area contributed by atoms with Crippen molar-refractivity contribution in [3.05, 3.63) is 24.3 Å². The first-order chi connectivity index (χ1) is 8.89. The van der Waals surface area contributed by atoms with Crippen molar-refractivity contribution < 1.29 is 12.8 Å². The summed E-state index contributed by atoms with van der Waals surface area (Å²) in [5.74, 6) is -0.318. The highest BCUT2D eigenvalue weighted by Crippen LogP contribution is 2.27. The maximum Gasteiger partial charge on any atom is 0.242 e. The molecular formula is C12H18ClFN2O2S. The van der Waals surface area contributed by atoms with Gasteiger partial charge in [-0.25, -0.2) is 17.5 Å². The average molecular weight is 309 g/mol. The Morgan fingerprint density at radius 1 is 1.37 bits per heavy atom. The Bertz CT molecular complexity index is 510. The monoisotopic (exact) mass is 308 g/mol. The van der Waals surface area contributed by atoms with Gasteiger partial charge >= 0.3 is 0 Å². The van der Waals surface area contributed by atoms with Gasteiger partial charge in [0.15, 0.2) is 0 Å². The van der Waals surface area contributed by atoms with E-state index in [0.717, 1.165) is 31.3 Å². The summed E-state index contributed by atoms with van der Waals surface area (Å²) >= 11 is 5.92. The van der Waals surface area contributed by atoms with Crippen LogP contribution in [0.4, 0.5) is 4.39 Å². The standard InChI is InChI=1S/C12H18ClFN2O2S/c1-3-12(4-2,8-13)9-16-19(17,18)11-5-10(14)6-15-7-11/h5-7,16H,3-4,8-9H2,1-2H3. The predicted molar refractivity (Wildman–Crippen MR) is 73.1 cm³/mol. The molecule has 0 bridgehead atoms. The van der Waals surface area contributed by atoms with Crippen LogP contribution in [0.25, 0.3) is 0 Å². The van der Waals surface area contributed by atoms with Gasteiger partial charge in [0.05, 0.1) is 6.20 Å². The molecule has 0 atom stereocenters. The number of alkyl halides is 1. The third kappa shape index (κ3) is 4.12. The number of sulfonamides is 1. The SMILES string of the molecule is CCC(CC)(CCl)CNS(=O)(=O)c1cncc(F)c1. The van der Waals surface area contributed by atoms with Crippen LogP contribution in [0.2, 0.25) is 0 Å². The molecule has 1 rings (SSSR count). The Kier molecular flexibility index (Phi) is 5.70. The van der Waals surface area contributed by atoms with Crippen LogP contribution in [0, 0.1) is 11.2 Å². The number of nitrogens with zero attached hydrogens (tertiary/aromatic N) is 1. The lowest BCUT2D eigenvalue weighted by Gasteiger charge is -2.29. The molecule has 0 aliphatic carbocycles. The van der Waals surface area contributed by atoms with Crippen LogP contribution in [-0.2, 0) is 10.0 Å². The van der Waals surface area contributed by atoms with Crippen LogP contribution in [0.15, 0.2) is 23.4 Å². The van der Waals surface area contributed by atoms with Gasteiger partial charge in [0.2, 0.25) is 10.0 Å². The largest absolute Gasteiger partial charge is 0.260 e. The predicted octanol–water partition coefficient (Wildman–Crippen LogP) is 2.54. The lowest BCUT2D eigenvalue weighted by Crippen LogP contribution is -2.38. The molecule has 0 aliphatic heterocycles. The van der Waals surface area contributed by atoms with Crippen LogP contribution in [0.1, 0.15) is 26.7 Å². The van der Waals surface area contributed by atoms with E-state index < -0.39 is 15.8 Å². The van der Waals surface area contributed by atoms with Crippen LogP contribution < -0.4 is 4.72 Å². The molecule has 1 N–H and O–H groups in total. The van der Waals surface area contributed by atoms with Gasteiger partial charge in [0.1, 0.15) is 10.7 Å². The van der Waals surface area contributed by atoms with Crippen LogP contribution in [0.5, 0.6) is 0 Å². The Labute approximate surface area is 118 Å².